The van der Waals surface area contributed by atoms with Crippen LogP contribution in [0.2, 0.25) is 0 Å². The number of ether oxygens (including phenoxy) is 7. The smallest absolute Gasteiger partial charge is 0.231 e. The minimum atomic E-state index is -0.677. The van der Waals surface area contributed by atoms with Gasteiger partial charge in [-0.05, 0) is 33.6 Å². The Kier molecular flexibility index (Phi) is 5.18. The third kappa shape index (κ3) is 3.14. The van der Waals surface area contributed by atoms with Crippen molar-refractivity contribution in [1.82, 2.24) is 0 Å². The number of hydrogen-bond donors (Lipinski definition) is 0. The van der Waals surface area contributed by atoms with Crippen LogP contribution in [0.15, 0.2) is 22.7 Å². The van der Waals surface area contributed by atoms with Crippen molar-refractivity contribution in [2.75, 3.05) is 35.2 Å². The van der Waals surface area contributed by atoms with Crippen molar-refractivity contribution in [1.29, 1.82) is 0 Å². The highest BCUT2D eigenvalue weighted by molar-refractivity contribution is 9.10. The second-order valence-corrected chi connectivity index (χ2v) is 7.07. The van der Waals surface area contributed by atoms with E-state index in [1.54, 1.807) is 26.4 Å². The molecule has 8 nitrogen and oxygen atoms in total. The van der Waals surface area contributed by atoms with Crippen LogP contribution in [0.3, 0.4) is 0 Å². The maximum atomic E-state index is 13.3. The summed E-state index contributed by atoms with van der Waals surface area (Å²) in [5.41, 5.74) is 1.09. The summed E-state index contributed by atoms with van der Waals surface area (Å²) in [6.45, 7) is 0.0142. The molecule has 2 aliphatic rings. The van der Waals surface area contributed by atoms with Crippen molar-refractivity contribution in [2.45, 2.75) is 12.2 Å². The van der Waals surface area contributed by atoms with Crippen molar-refractivity contribution in [3.05, 3.63) is 33.8 Å². The van der Waals surface area contributed by atoms with Gasteiger partial charge in [0, 0.05) is 0 Å². The molecule has 0 aromatic heterocycles. The Morgan fingerprint density at radius 3 is 2.24 bits per heavy atom. The van der Waals surface area contributed by atoms with Crippen LogP contribution < -0.4 is 28.4 Å². The Morgan fingerprint density at radius 2 is 1.62 bits per heavy atom. The Bertz CT molecular complexity index is 974. The van der Waals surface area contributed by atoms with E-state index in [-0.39, 0.29) is 23.9 Å². The second kappa shape index (κ2) is 7.64. The molecule has 0 N–H and O–H groups in total. The van der Waals surface area contributed by atoms with Crippen LogP contribution in [0.5, 0.6) is 34.5 Å². The quantitative estimate of drug-likeness (QED) is 0.452. The monoisotopic (exact) mass is 466 g/mol. The Hall–Kier alpha value is -2.65. The molecule has 2 atom stereocenters. The molecule has 2 aromatic carbocycles. The molecule has 0 aliphatic carbocycles. The molecule has 0 amide bonds. The predicted octanol–water partition coefficient (Wildman–Crippen LogP) is 3.54. The summed E-state index contributed by atoms with van der Waals surface area (Å²) in [5.74, 6) is 2.27. The van der Waals surface area contributed by atoms with Crippen LogP contribution in [-0.2, 0) is 4.74 Å². The lowest BCUT2D eigenvalue weighted by Gasteiger charge is -2.15. The minimum absolute atomic E-state index is 0.0142. The van der Waals surface area contributed by atoms with E-state index >= 15 is 0 Å². The van der Waals surface area contributed by atoms with Gasteiger partial charge in [0.05, 0.1) is 38.5 Å². The predicted molar refractivity (Wildman–Crippen MR) is 105 cm³/mol. The van der Waals surface area contributed by atoms with E-state index < -0.39 is 12.2 Å². The van der Waals surface area contributed by atoms with Gasteiger partial charge in [0.2, 0.25) is 18.3 Å². The summed E-state index contributed by atoms with van der Waals surface area (Å²) in [6, 6.07) is 5.41. The third-order valence-corrected chi connectivity index (χ3v) is 5.57. The molecular formula is C20H19BrO8. The molecule has 0 radical (unpaired) electrons. The van der Waals surface area contributed by atoms with E-state index in [0.717, 1.165) is 5.56 Å². The zero-order valence-corrected chi connectivity index (χ0v) is 17.8. The second-order valence-electron chi connectivity index (χ2n) is 6.28. The van der Waals surface area contributed by atoms with Crippen LogP contribution in [0.4, 0.5) is 0 Å². The largest absolute Gasteiger partial charge is 0.493 e. The van der Waals surface area contributed by atoms with Crippen LogP contribution in [0.1, 0.15) is 22.0 Å². The van der Waals surface area contributed by atoms with E-state index in [2.05, 4.69) is 15.9 Å². The SMILES string of the molecule is COc1ccc([C@H]2O[C@@H]2C(=O)c2c(Br)c(OC)c3c(c2OC)OCO3)cc1OC. The number of epoxide rings is 1. The average Bonchev–Trinajstić information content (AvgIpc) is 3.41. The number of carbonyl (C=O) groups is 1. The van der Waals surface area contributed by atoms with Gasteiger partial charge >= 0.3 is 0 Å². The standard InChI is InChI=1S/C20H19BrO8/c1-23-10-6-5-9(7-11(10)24-2)15-18(29-15)14(22)12-13(21)17(26-4)20-19(16(12)25-3)27-8-28-20/h5-7,15,18H,8H2,1-4H3/t15-,18-/m1/s1. The first-order valence-electron chi connectivity index (χ1n) is 8.70. The van der Waals surface area contributed by atoms with Crippen LogP contribution in [-0.4, -0.2) is 47.1 Å². The topological polar surface area (TPSA) is 85.0 Å². The lowest BCUT2D eigenvalue weighted by atomic mass is 10.0. The molecule has 1 saturated heterocycles. The first-order chi connectivity index (χ1) is 14.0. The third-order valence-electron chi connectivity index (χ3n) is 4.81. The highest BCUT2D eigenvalue weighted by Crippen LogP contribution is 2.55. The molecule has 1 fully saturated rings. The molecule has 9 heteroatoms. The number of benzene rings is 2. The summed E-state index contributed by atoms with van der Waals surface area (Å²) >= 11 is 3.45. The van der Waals surface area contributed by atoms with E-state index in [9.17, 15) is 4.79 Å². The number of hydrogen-bond acceptors (Lipinski definition) is 8. The molecule has 2 heterocycles. The van der Waals surface area contributed by atoms with E-state index in [4.69, 9.17) is 33.2 Å². The number of rotatable bonds is 7. The molecule has 2 aliphatic heterocycles. The molecule has 4 rings (SSSR count). The lowest BCUT2D eigenvalue weighted by molar-refractivity contribution is 0.0948. The van der Waals surface area contributed by atoms with E-state index in [1.807, 2.05) is 6.07 Å². The average molecular weight is 467 g/mol. The van der Waals surface area contributed by atoms with Gasteiger partial charge in [-0.25, -0.2) is 0 Å². The van der Waals surface area contributed by atoms with Crippen LogP contribution >= 0.6 is 15.9 Å². The van der Waals surface area contributed by atoms with Crippen molar-refractivity contribution < 1.29 is 38.0 Å². The fourth-order valence-corrected chi connectivity index (χ4v) is 4.09. The molecule has 0 spiro atoms. The molecule has 29 heavy (non-hydrogen) atoms. The molecule has 0 bridgehead atoms. The van der Waals surface area contributed by atoms with E-state index in [1.165, 1.54) is 14.2 Å². The highest BCUT2D eigenvalue weighted by Gasteiger charge is 2.49. The zero-order chi connectivity index (χ0) is 20.7. The summed E-state index contributed by atoms with van der Waals surface area (Å²) in [4.78, 5) is 13.3. The van der Waals surface area contributed by atoms with Crippen LogP contribution in [0, 0.1) is 0 Å². The fraction of sp³-hybridized carbons (Fsp3) is 0.350. The number of fused-ring (bicyclic) bond motifs is 1. The van der Waals surface area contributed by atoms with Gasteiger partial charge in [-0.3, -0.25) is 4.79 Å². The molecule has 154 valence electrons. The first kappa shape index (κ1) is 19.7. The number of ketones is 1. The molecule has 2 aromatic rings. The maximum absolute atomic E-state index is 13.3. The summed E-state index contributed by atoms with van der Waals surface area (Å²) in [7, 11) is 6.07. The molecular weight excluding hydrogens is 448 g/mol. The highest BCUT2D eigenvalue weighted by atomic mass is 79.9. The van der Waals surface area contributed by atoms with Gasteiger partial charge in [-0.1, -0.05) is 6.07 Å². The van der Waals surface area contributed by atoms with Gasteiger partial charge in [0.15, 0.2) is 34.9 Å². The summed E-state index contributed by atoms with van der Waals surface area (Å²) in [5, 5.41) is 0. The van der Waals surface area contributed by atoms with Gasteiger partial charge < -0.3 is 33.2 Å². The number of halogens is 1. The van der Waals surface area contributed by atoms with Gasteiger partial charge in [-0.2, -0.15) is 0 Å². The normalized spacial score (nSPS) is 18.9. The van der Waals surface area contributed by atoms with Gasteiger partial charge in [0.25, 0.3) is 0 Å². The molecule has 0 unspecified atom stereocenters. The summed E-state index contributed by atoms with van der Waals surface area (Å²) < 4.78 is 38.6. The van der Waals surface area contributed by atoms with Gasteiger partial charge in [-0.15, -0.1) is 0 Å². The Labute approximate surface area is 175 Å². The van der Waals surface area contributed by atoms with Crippen molar-refractivity contribution in [2.24, 2.45) is 0 Å². The Morgan fingerprint density at radius 1 is 0.966 bits per heavy atom. The molecule has 0 saturated carbocycles. The van der Waals surface area contributed by atoms with Crippen molar-refractivity contribution in [3.63, 3.8) is 0 Å². The first-order valence-corrected chi connectivity index (χ1v) is 9.49. The maximum Gasteiger partial charge on any atom is 0.231 e. The number of Topliss-reactive ketones (excluding diaryl/α,β-unsaturated/α-hetero) is 1. The number of carbonyl (C=O) groups excluding carboxylic acids is 1. The minimum Gasteiger partial charge on any atom is -0.493 e. The van der Waals surface area contributed by atoms with Gasteiger partial charge in [0.1, 0.15) is 6.10 Å². The number of methoxy groups -OCH3 is 4. The van der Waals surface area contributed by atoms with Crippen LogP contribution in [0.25, 0.3) is 0 Å². The lowest BCUT2D eigenvalue weighted by Crippen LogP contribution is -2.12. The van der Waals surface area contributed by atoms with Crippen molar-refractivity contribution >= 4 is 21.7 Å². The fourth-order valence-electron chi connectivity index (χ4n) is 3.38. The van der Waals surface area contributed by atoms with Crippen molar-refractivity contribution in [3.8, 4) is 34.5 Å². The Balaban J connectivity index is 1.69. The zero-order valence-electron chi connectivity index (χ0n) is 16.2. The summed E-state index contributed by atoms with van der Waals surface area (Å²) in [6.07, 6.45) is -1.08. The van der Waals surface area contributed by atoms with E-state index in [0.29, 0.717) is 33.2 Å².